The fraction of sp³-hybridized carbons (Fsp3) is 0.640. The number of amides is 1. The number of hydrogen-bond acceptors (Lipinski definition) is 5. The molecule has 0 radical (unpaired) electrons. The second kappa shape index (κ2) is 10.4. The minimum atomic E-state index is 0.0276. The van der Waals surface area contributed by atoms with E-state index in [4.69, 9.17) is 4.74 Å². The van der Waals surface area contributed by atoms with E-state index in [1.54, 1.807) is 0 Å². The topological polar surface area (TPSA) is 69.0 Å². The summed E-state index contributed by atoms with van der Waals surface area (Å²) in [5, 5.41) is 13.0. The van der Waals surface area contributed by atoms with Gasteiger partial charge in [0, 0.05) is 24.8 Å². The van der Waals surface area contributed by atoms with E-state index in [2.05, 4.69) is 65.1 Å². The first-order chi connectivity index (χ1) is 15.4. The molecule has 0 spiro atoms. The number of thioether (sulfide) groups is 1. The molecule has 0 bridgehead atoms. The minimum absolute atomic E-state index is 0.0276. The van der Waals surface area contributed by atoms with Crippen molar-refractivity contribution < 1.29 is 9.53 Å². The first-order valence-electron chi connectivity index (χ1n) is 12.0. The van der Waals surface area contributed by atoms with Crippen molar-refractivity contribution in [2.75, 3.05) is 18.9 Å². The summed E-state index contributed by atoms with van der Waals surface area (Å²) in [5.74, 6) is 1.29. The zero-order valence-electron chi connectivity index (χ0n) is 19.6. The smallest absolute Gasteiger partial charge is 0.230 e. The second-order valence-electron chi connectivity index (χ2n) is 10.0. The molecule has 1 aliphatic carbocycles. The predicted molar refractivity (Wildman–Crippen MR) is 129 cm³/mol. The number of carbonyl (C=O) groups excluding carboxylic acids is 1. The van der Waals surface area contributed by atoms with E-state index in [-0.39, 0.29) is 17.4 Å². The normalized spacial score (nSPS) is 19.9. The van der Waals surface area contributed by atoms with Crippen LogP contribution in [0.3, 0.4) is 0 Å². The van der Waals surface area contributed by atoms with Crippen molar-refractivity contribution >= 4 is 17.7 Å². The Labute approximate surface area is 195 Å². The summed E-state index contributed by atoms with van der Waals surface area (Å²) in [7, 11) is 0. The molecule has 2 aliphatic rings. The average molecular weight is 457 g/mol. The third kappa shape index (κ3) is 5.73. The Morgan fingerprint density at radius 2 is 1.84 bits per heavy atom. The zero-order valence-corrected chi connectivity index (χ0v) is 20.4. The number of nitrogens with zero attached hydrogens (tertiary/aromatic N) is 3. The van der Waals surface area contributed by atoms with Crippen molar-refractivity contribution in [3.63, 3.8) is 0 Å². The second-order valence-corrected chi connectivity index (χ2v) is 11.0. The maximum atomic E-state index is 12.4. The molecule has 2 aromatic rings. The largest absolute Gasteiger partial charge is 0.376 e. The number of benzene rings is 1. The molecular formula is C25H36N4O2S. The third-order valence-electron chi connectivity index (χ3n) is 6.50. The summed E-state index contributed by atoms with van der Waals surface area (Å²) in [6, 6.07) is 9.11. The van der Waals surface area contributed by atoms with Gasteiger partial charge in [0.05, 0.1) is 11.9 Å². The van der Waals surface area contributed by atoms with Gasteiger partial charge in [-0.15, -0.1) is 10.2 Å². The Hall–Kier alpha value is -1.86. The molecule has 1 saturated carbocycles. The number of rotatable bonds is 7. The van der Waals surface area contributed by atoms with Crippen molar-refractivity contribution in [1.29, 1.82) is 0 Å². The molecule has 1 amide bonds. The van der Waals surface area contributed by atoms with Gasteiger partial charge in [0.1, 0.15) is 0 Å². The van der Waals surface area contributed by atoms with Gasteiger partial charge in [0.25, 0.3) is 0 Å². The van der Waals surface area contributed by atoms with E-state index < -0.39 is 0 Å². The fourth-order valence-corrected chi connectivity index (χ4v) is 5.41. The molecule has 1 saturated heterocycles. The Kier molecular flexibility index (Phi) is 7.56. The van der Waals surface area contributed by atoms with Crippen molar-refractivity contribution in [1.82, 2.24) is 20.1 Å². The van der Waals surface area contributed by atoms with Gasteiger partial charge in [-0.25, -0.2) is 0 Å². The number of hydrogen-bond donors (Lipinski definition) is 1. The van der Waals surface area contributed by atoms with E-state index >= 15 is 0 Å². The molecule has 1 aromatic heterocycles. The van der Waals surface area contributed by atoms with Gasteiger partial charge in [-0.2, -0.15) is 0 Å². The molecule has 7 heteroatoms. The van der Waals surface area contributed by atoms with Gasteiger partial charge >= 0.3 is 0 Å². The number of ether oxygens (including phenoxy) is 1. The molecule has 1 atom stereocenters. The fourth-order valence-electron chi connectivity index (χ4n) is 4.57. The van der Waals surface area contributed by atoms with Crippen LogP contribution in [-0.4, -0.2) is 45.7 Å². The Morgan fingerprint density at radius 1 is 1.09 bits per heavy atom. The van der Waals surface area contributed by atoms with Crippen molar-refractivity contribution in [2.45, 2.75) is 88.4 Å². The molecule has 1 unspecified atom stereocenters. The van der Waals surface area contributed by atoms with Crippen LogP contribution in [0.15, 0.2) is 29.4 Å². The maximum absolute atomic E-state index is 12.4. The minimum Gasteiger partial charge on any atom is -0.376 e. The van der Waals surface area contributed by atoms with Gasteiger partial charge < -0.3 is 10.1 Å². The van der Waals surface area contributed by atoms with Crippen LogP contribution in [0.25, 0.3) is 11.4 Å². The summed E-state index contributed by atoms with van der Waals surface area (Å²) in [6.07, 6.45) is 8.32. The number of nitrogens with one attached hydrogen (secondary N) is 1. The Balaban J connectivity index is 1.49. The van der Waals surface area contributed by atoms with Crippen LogP contribution in [0.4, 0.5) is 0 Å². The molecule has 1 aliphatic heterocycles. The van der Waals surface area contributed by atoms with Crippen LogP contribution >= 0.6 is 11.8 Å². The standard InChI is InChI=1S/C25H36N4O2S/c1-25(2,3)19-13-11-18(12-14-19)23-27-28-24(29(23)20-8-5-4-6-9-20)32-17-22(30)26-16-21-10-7-15-31-21/h11-14,20-21H,4-10,15-17H2,1-3H3,(H,26,30). The van der Waals surface area contributed by atoms with Crippen LogP contribution in [0, 0.1) is 0 Å². The highest BCUT2D eigenvalue weighted by atomic mass is 32.2. The van der Waals surface area contributed by atoms with Crippen LogP contribution in [-0.2, 0) is 14.9 Å². The number of aromatic nitrogens is 3. The Morgan fingerprint density at radius 3 is 2.50 bits per heavy atom. The van der Waals surface area contributed by atoms with E-state index in [9.17, 15) is 4.79 Å². The summed E-state index contributed by atoms with van der Waals surface area (Å²) in [5.41, 5.74) is 2.52. The van der Waals surface area contributed by atoms with E-state index in [1.165, 1.54) is 36.6 Å². The molecule has 1 aromatic carbocycles. The van der Waals surface area contributed by atoms with Gasteiger partial charge in [-0.05, 0) is 36.7 Å². The summed E-state index contributed by atoms with van der Waals surface area (Å²) in [6.45, 7) is 8.08. The Bertz CT molecular complexity index is 892. The lowest BCUT2D eigenvalue weighted by molar-refractivity contribution is -0.119. The molecule has 174 valence electrons. The van der Waals surface area contributed by atoms with Crippen LogP contribution < -0.4 is 5.32 Å². The molecular weight excluding hydrogens is 420 g/mol. The van der Waals surface area contributed by atoms with E-state index in [1.807, 2.05) is 0 Å². The van der Waals surface area contributed by atoms with E-state index in [0.29, 0.717) is 18.3 Å². The summed E-state index contributed by atoms with van der Waals surface area (Å²) >= 11 is 1.49. The van der Waals surface area contributed by atoms with Crippen LogP contribution in [0.5, 0.6) is 0 Å². The highest BCUT2D eigenvalue weighted by Crippen LogP contribution is 2.36. The van der Waals surface area contributed by atoms with Gasteiger partial charge in [0.2, 0.25) is 5.91 Å². The predicted octanol–water partition coefficient (Wildman–Crippen LogP) is 5.14. The molecule has 6 nitrogen and oxygen atoms in total. The van der Waals surface area contributed by atoms with E-state index in [0.717, 1.165) is 48.8 Å². The number of carbonyl (C=O) groups is 1. The first-order valence-corrected chi connectivity index (χ1v) is 13.0. The first kappa shape index (κ1) is 23.3. The maximum Gasteiger partial charge on any atom is 0.230 e. The monoisotopic (exact) mass is 456 g/mol. The average Bonchev–Trinajstić information content (AvgIpc) is 3.46. The van der Waals surface area contributed by atoms with Gasteiger partial charge in [0.15, 0.2) is 11.0 Å². The lowest BCUT2D eigenvalue weighted by Crippen LogP contribution is -2.33. The molecule has 2 heterocycles. The van der Waals surface area contributed by atoms with Gasteiger partial charge in [-0.1, -0.05) is 76.1 Å². The van der Waals surface area contributed by atoms with Crippen LogP contribution in [0.2, 0.25) is 0 Å². The van der Waals surface area contributed by atoms with Crippen molar-refractivity contribution in [2.24, 2.45) is 0 Å². The summed E-state index contributed by atoms with van der Waals surface area (Å²) < 4.78 is 7.89. The third-order valence-corrected chi connectivity index (χ3v) is 7.44. The highest BCUT2D eigenvalue weighted by Gasteiger charge is 2.25. The lowest BCUT2D eigenvalue weighted by Gasteiger charge is -2.26. The lowest BCUT2D eigenvalue weighted by atomic mass is 9.86. The van der Waals surface area contributed by atoms with Crippen LogP contribution in [0.1, 0.15) is 77.3 Å². The summed E-state index contributed by atoms with van der Waals surface area (Å²) in [4.78, 5) is 12.4. The molecule has 4 rings (SSSR count). The molecule has 1 N–H and O–H groups in total. The van der Waals surface area contributed by atoms with Crippen molar-refractivity contribution in [3.05, 3.63) is 29.8 Å². The van der Waals surface area contributed by atoms with Crippen molar-refractivity contribution in [3.8, 4) is 11.4 Å². The molecule has 32 heavy (non-hydrogen) atoms. The van der Waals surface area contributed by atoms with Gasteiger partial charge in [-0.3, -0.25) is 9.36 Å². The quantitative estimate of drug-likeness (QED) is 0.585. The highest BCUT2D eigenvalue weighted by molar-refractivity contribution is 7.99. The molecule has 2 fully saturated rings. The zero-order chi connectivity index (χ0) is 22.6. The SMILES string of the molecule is CC(C)(C)c1ccc(-c2nnc(SCC(=O)NCC3CCCO3)n2C2CCCCC2)cc1.